The summed E-state index contributed by atoms with van der Waals surface area (Å²) in [4.78, 5) is 2.11. The van der Waals surface area contributed by atoms with Gasteiger partial charge in [0.25, 0.3) is 0 Å². The van der Waals surface area contributed by atoms with Gasteiger partial charge >= 0.3 is 0 Å². The predicted molar refractivity (Wildman–Crippen MR) is 67.4 cm³/mol. The Morgan fingerprint density at radius 1 is 1.18 bits per heavy atom. The van der Waals surface area contributed by atoms with Crippen molar-refractivity contribution in [3.8, 4) is 0 Å². The molecule has 0 bridgehead atoms. The van der Waals surface area contributed by atoms with E-state index in [9.17, 15) is 0 Å². The molecule has 1 N–H and O–H groups in total. The number of nitrogens with zero attached hydrogens (tertiary/aromatic N) is 1. The van der Waals surface area contributed by atoms with Gasteiger partial charge in [0.05, 0.1) is 0 Å². The van der Waals surface area contributed by atoms with Gasteiger partial charge in [0.2, 0.25) is 0 Å². The number of aliphatic hydroxyl groups excluding tert-OH is 1. The number of rotatable bonds is 3. The van der Waals surface area contributed by atoms with E-state index in [0.717, 1.165) is 12.1 Å². The van der Waals surface area contributed by atoms with Crippen molar-refractivity contribution < 1.29 is 22.2 Å². The molecule has 0 saturated heterocycles. The Labute approximate surface area is 114 Å². The third-order valence-electron chi connectivity index (χ3n) is 2.12. The van der Waals surface area contributed by atoms with Crippen LogP contribution in [-0.4, -0.2) is 24.1 Å². The Balaban J connectivity index is 0.000000360. The zero-order valence-corrected chi connectivity index (χ0v) is 11.4. The Bertz CT molecular complexity index is 348. The van der Waals surface area contributed by atoms with Crippen LogP contribution in [0.15, 0.2) is 48.5 Å². The van der Waals surface area contributed by atoms with Crippen LogP contribution in [0.25, 0.3) is 0 Å². The minimum absolute atomic E-state index is 0. The predicted octanol–water partition coefficient (Wildman–Crippen LogP) is 2.36. The summed E-state index contributed by atoms with van der Waals surface area (Å²) in [7, 11) is 4.07. The van der Waals surface area contributed by atoms with Gasteiger partial charge in [-0.3, -0.25) is 0 Å². The summed E-state index contributed by atoms with van der Waals surface area (Å²) in [6, 6.07) is 16.0. The summed E-state index contributed by atoms with van der Waals surface area (Å²) < 4.78 is 0. The molecule has 0 spiro atoms. The summed E-state index contributed by atoms with van der Waals surface area (Å²) in [5.41, 5.74) is 2.26. The van der Waals surface area contributed by atoms with Crippen LogP contribution in [0.4, 0.5) is 0 Å². The van der Waals surface area contributed by atoms with Crippen molar-refractivity contribution in [2.24, 2.45) is 0 Å². The zero-order chi connectivity index (χ0) is 11.8. The first-order valence-corrected chi connectivity index (χ1v) is 5.39. The quantitative estimate of drug-likeness (QED) is 0.685. The SMILES string of the molecule is CN(C)C[c-]1ccc(CO)c1.[Fe].[cH-]1[cH-][cH-][cH-][cH-]1. The van der Waals surface area contributed by atoms with Crippen LogP contribution in [0.3, 0.4) is 0 Å². The fourth-order valence-electron chi connectivity index (χ4n) is 1.43. The van der Waals surface area contributed by atoms with Crippen molar-refractivity contribution in [2.75, 3.05) is 14.1 Å². The molecule has 0 heterocycles. The van der Waals surface area contributed by atoms with Crippen molar-refractivity contribution in [2.45, 2.75) is 13.2 Å². The molecule has 0 aliphatic rings. The second-order valence-electron chi connectivity index (χ2n) is 3.99. The molecule has 0 saturated carbocycles. The van der Waals surface area contributed by atoms with Crippen LogP contribution >= 0.6 is 0 Å². The Morgan fingerprint density at radius 3 is 2.06 bits per heavy atom. The van der Waals surface area contributed by atoms with Crippen LogP contribution in [0.2, 0.25) is 0 Å². The summed E-state index contributed by atoms with van der Waals surface area (Å²) >= 11 is 0. The fraction of sp³-hybridized carbons (Fsp3) is 0.286. The molecular weight excluding hydrogens is 254 g/mol. The summed E-state index contributed by atoms with van der Waals surface area (Å²) in [5, 5.41) is 8.77. The van der Waals surface area contributed by atoms with E-state index in [2.05, 4.69) is 4.90 Å². The minimum Gasteiger partial charge on any atom is -0.748 e. The largest absolute Gasteiger partial charge is 0.748 e. The van der Waals surface area contributed by atoms with Gasteiger partial charge in [-0.1, -0.05) is 0 Å². The first-order valence-electron chi connectivity index (χ1n) is 5.39. The van der Waals surface area contributed by atoms with Crippen molar-refractivity contribution in [3.63, 3.8) is 0 Å². The van der Waals surface area contributed by atoms with E-state index >= 15 is 0 Å². The molecule has 0 radical (unpaired) electrons. The molecule has 2 aromatic carbocycles. The molecule has 0 atom stereocenters. The second kappa shape index (κ2) is 9.20. The van der Waals surface area contributed by atoms with Crippen molar-refractivity contribution >= 4 is 0 Å². The first kappa shape index (κ1) is 16.1. The van der Waals surface area contributed by atoms with Crippen LogP contribution < -0.4 is 0 Å². The van der Waals surface area contributed by atoms with E-state index in [-0.39, 0.29) is 23.7 Å². The third-order valence-corrected chi connectivity index (χ3v) is 2.12. The summed E-state index contributed by atoms with van der Waals surface area (Å²) in [6.45, 7) is 1.09. The molecule has 3 heteroatoms. The topological polar surface area (TPSA) is 23.5 Å². The monoisotopic (exact) mass is 273 g/mol. The fourth-order valence-corrected chi connectivity index (χ4v) is 1.43. The van der Waals surface area contributed by atoms with E-state index in [1.54, 1.807) is 0 Å². The second-order valence-corrected chi connectivity index (χ2v) is 3.99. The van der Waals surface area contributed by atoms with Gasteiger partial charge < -0.3 is 40.3 Å². The maximum atomic E-state index is 8.77. The van der Waals surface area contributed by atoms with Crippen molar-refractivity contribution in [1.29, 1.82) is 0 Å². The van der Waals surface area contributed by atoms with E-state index in [4.69, 9.17) is 5.11 Å². The van der Waals surface area contributed by atoms with Gasteiger partial charge in [-0.15, -0.1) is 5.56 Å². The van der Waals surface area contributed by atoms with E-state index < -0.39 is 0 Å². The smallest absolute Gasteiger partial charge is 0.0140 e. The maximum absolute atomic E-state index is 8.77. The number of aliphatic hydroxyl groups is 1. The molecule has 0 aromatic heterocycles. The molecule has 0 fully saturated rings. The van der Waals surface area contributed by atoms with E-state index in [0.29, 0.717) is 0 Å². The molecule has 0 aliphatic carbocycles. The van der Waals surface area contributed by atoms with Crippen LogP contribution in [0.5, 0.6) is 0 Å². The molecule has 0 aliphatic heterocycles. The molecule has 2 nitrogen and oxygen atoms in total. The van der Waals surface area contributed by atoms with Crippen molar-refractivity contribution in [3.05, 3.63) is 59.7 Å². The third kappa shape index (κ3) is 7.14. The van der Waals surface area contributed by atoms with Gasteiger partial charge in [0.15, 0.2) is 0 Å². The number of hydrogen-bond acceptors (Lipinski definition) is 2. The van der Waals surface area contributed by atoms with Crippen molar-refractivity contribution in [1.82, 2.24) is 4.90 Å². The average molecular weight is 273 g/mol. The molecule has 0 unspecified atom stereocenters. The molecule has 0 amide bonds. The zero-order valence-electron chi connectivity index (χ0n) is 10.3. The summed E-state index contributed by atoms with van der Waals surface area (Å²) in [6.07, 6.45) is 0. The maximum Gasteiger partial charge on any atom is 0.0140 e. The van der Waals surface area contributed by atoms with Gasteiger partial charge in [0, 0.05) is 23.7 Å². The van der Waals surface area contributed by atoms with Gasteiger partial charge in [0.1, 0.15) is 0 Å². The van der Waals surface area contributed by atoms with Crippen LogP contribution in [0, 0.1) is 0 Å². The minimum atomic E-state index is 0. The van der Waals surface area contributed by atoms with Gasteiger partial charge in [-0.25, -0.2) is 6.07 Å². The first-order chi connectivity index (χ1) is 7.72. The van der Waals surface area contributed by atoms with E-state index in [1.807, 2.05) is 62.6 Å². The van der Waals surface area contributed by atoms with Crippen LogP contribution in [-0.2, 0) is 30.2 Å². The molecule has 100 valence electrons. The Kier molecular flexibility index (Phi) is 8.73. The average Bonchev–Trinajstić information content (AvgIpc) is 2.89. The number of hydrogen-bond donors (Lipinski definition) is 1. The van der Waals surface area contributed by atoms with Gasteiger partial charge in [-0.2, -0.15) is 17.7 Å². The Hall–Kier alpha value is -0.861. The summed E-state index contributed by atoms with van der Waals surface area (Å²) in [5.74, 6) is 0. The van der Waals surface area contributed by atoms with Crippen LogP contribution in [0.1, 0.15) is 11.1 Å². The Morgan fingerprint density at radius 2 is 1.71 bits per heavy atom. The molecule has 2 rings (SSSR count). The molecular formula is C14H19FeNO-6. The normalized spacial score (nSPS) is 9.41. The van der Waals surface area contributed by atoms with Gasteiger partial charge in [-0.05, 0) is 20.6 Å². The molecule has 2 aromatic rings. The molecule has 17 heavy (non-hydrogen) atoms. The van der Waals surface area contributed by atoms with E-state index in [1.165, 1.54) is 5.56 Å². The standard InChI is InChI=1S/C9H14NO.C5H5.Fe/c1-10(2)6-8-3-4-9(5-8)7-11;1-2-4-5-3-1;/h3-5,11H,6-7H2,1-2H3;1-5H;/q-1;-5;.